The Morgan fingerprint density at radius 2 is 2.07 bits per heavy atom. The first kappa shape index (κ1) is 22.5. The Bertz CT molecular complexity index is 1010. The van der Waals surface area contributed by atoms with E-state index in [1.54, 1.807) is 30.0 Å². The molecule has 0 radical (unpaired) electrons. The lowest BCUT2D eigenvalue weighted by Gasteiger charge is -2.44. The van der Waals surface area contributed by atoms with Crippen molar-refractivity contribution in [2.75, 3.05) is 24.5 Å². The van der Waals surface area contributed by atoms with E-state index in [4.69, 9.17) is 11.6 Å². The fraction of sp³-hybridized carbons (Fsp3) is 0.455. The summed E-state index contributed by atoms with van der Waals surface area (Å²) in [6.07, 6.45) is 4.14. The van der Waals surface area contributed by atoms with Crippen molar-refractivity contribution in [3.63, 3.8) is 0 Å². The predicted molar refractivity (Wildman–Crippen MR) is 120 cm³/mol. The number of aliphatic hydroxyl groups excluding tert-OH is 1. The second-order valence-corrected chi connectivity index (χ2v) is 8.25. The van der Waals surface area contributed by atoms with Crippen molar-refractivity contribution in [1.29, 1.82) is 0 Å². The highest BCUT2D eigenvalue weighted by Gasteiger charge is 2.36. The smallest absolute Gasteiger partial charge is 0.175 e. The molecule has 1 aliphatic rings. The molecule has 4 heterocycles. The van der Waals surface area contributed by atoms with Crippen LogP contribution in [0.4, 0.5) is 10.2 Å². The topological polar surface area (TPSA) is 66.2 Å². The molecule has 2 atom stereocenters. The largest absolute Gasteiger partial charge is 0.391 e. The Kier molecular flexibility index (Phi) is 6.95. The van der Waals surface area contributed by atoms with Crippen molar-refractivity contribution in [2.24, 2.45) is 0 Å². The van der Waals surface area contributed by atoms with Gasteiger partial charge in [-0.05, 0) is 32.0 Å². The maximum Gasteiger partial charge on any atom is 0.175 e. The number of hydrogen-bond acceptors (Lipinski definition) is 5. The summed E-state index contributed by atoms with van der Waals surface area (Å²) in [5.74, 6) is 0.181. The molecule has 3 aromatic heterocycles. The summed E-state index contributed by atoms with van der Waals surface area (Å²) in [5, 5.41) is 13.7. The monoisotopic (exact) mass is 433 g/mol. The minimum atomic E-state index is -0.557. The minimum absolute atomic E-state index is 0.176. The van der Waals surface area contributed by atoms with Crippen LogP contribution in [0, 0.1) is 5.82 Å². The van der Waals surface area contributed by atoms with Crippen molar-refractivity contribution in [3.8, 4) is 5.82 Å². The molecule has 0 aliphatic carbocycles. The Balaban J connectivity index is 0.000000806. The van der Waals surface area contributed by atoms with E-state index in [0.717, 1.165) is 11.0 Å². The standard InChI is InChI=1S/C19H21ClFN5O.C3H8/c1-12(27)19(2)11-25(9-7-23-19)17-13(20)10-14(21)18(24-17)26-8-5-15-16(26)4-3-6-22-15;1-3-2/h3-6,8,10,12,23,27H,7,9,11H2,1-2H3;3H2,1-2H3. The maximum absolute atomic E-state index is 14.7. The lowest BCUT2D eigenvalue weighted by atomic mass is 9.93. The summed E-state index contributed by atoms with van der Waals surface area (Å²) in [5.41, 5.74) is 1.03. The van der Waals surface area contributed by atoms with Crippen molar-refractivity contribution < 1.29 is 9.50 Å². The molecule has 3 aromatic rings. The number of rotatable bonds is 3. The van der Waals surface area contributed by atoms with Crippen molar-refractivity contribution in [1.82, 2.24) is 19.9 Å². The van der Waals surface area contributed by atoms with Crippen LogP contribution in [0.2, 0.25) is 5.02 Å². The molecule has 1 aliphatic heterocycles. The number of fused-ring (bicyclic) bond motifs is 1. The van der Waals surface area contributed by atoms with E-state index in [1.807, 2.05) is 24.0 Å². The lowest BCUT2D eigenvalue weighted by Crippen LogP contribution is -2.64. The van der Waals surface area contributed by atoms with E-state index in [1.165, 1.54) is 12.5 Å². The van der Waals surface area contributed by atoms with Crippen LogP contribution in [0.1, 0.15) is 34.1 Å². The number of halogens is 2. The highest BCUT2D eigenvalue weighted by Crippen LogP contribution is 2.31. The van der Waals surface area contributed by atoms with Gasteiger partial charge >= 0.3 is 0 Å². The van der Waals surface area contributed by atoms with Gasteiger partial charge in [-0.25, -0.2) is 9.37 Å². The Morgan fingerprint density at radius 1 is 1.33 bits per heavy atom. The SMILES string of the molecule is CC(O)C1(C)CN(c2nc(-n3ccc4ncccc43)c(F)cc2Cl)CCN1.CCC. The highest BCUT2D eigenvalue weighted by atomic mass is 35.5. The Hall–Kier alpha value is -2.22. The molecule has 1 fully saturated rings. The second kappa shape index (κ2) is 9.29. The summed E-state index contributed by atoms with van der Waals surface area (Å²) < 4.78 is 16.4. The van der Waals surface area contributed by atoms with E-state index < -0.39 is 17.5 Å². The second-order valence-electron chi connectivity index (χ2n) is 7.84. The van der Waals surface area contributed by atoms with E-state index >= 15 is 0 Å². The summed E-state index contributed by atoms with van der Waals surface area (Å²) in [6.45, 7) is 9.79. The molecule has 2 N–H and O–H groups in total. The minimum Gasteiger partial charge on any atom is -0.391 e. The van der Waals surface area contributed by atoms with Crippen LogP contribution in [0.15, 0.2) is 36.7 Å². The molecule has 4 rings (SSSR count). The van der Waals surface area contributed by atoms with E-state index in [2.05, 4.69) is 29.1 Å². The van der Waals surface area contributed by atoms with Crippen LogP contribution in [-0.2, 0) is 0 Å². The summed E-state index contributed by atoms with van der Waals surface area (Å²) >= 11 is 6.34. The zero-order chi connectivity index (χ0) is 21.9. The van der Waals surface area contributed by atoms with Crippen LogP contribution in [0.3, 0.4) is 0 Å². The molecular formula is C22H29ClFN5O. The molecular weight excluding hydrogens is 405 g/mol. The van der Waals surface area contributed by atoms with E-state index in [0.29, 0.717) is 25.5 Å². The predicted octanol–water partition coefficient (Wildman–Crippen LogP) is 4.18. The van der Waals surface area contributed by atoms with Gasteiger partial charge in [0.15, 0.2) is 11.6 Å². The van der Waals surface area contributed by atoms with Crippen molar-refractivity contribution in [2.45, 2.75) is 45.8 Å². The van der Waals surface area contributed by atoms with E-state index in [-0.39, 0.29) is 10.8 Å². The van der Waals surface area contributed by atoms with Crippen LogP contribution >= 0.6 is 11.6 Å². The number of anilines is 1. The molecule has 0 saturated carbocycles. The first-order chi connectivity index (χ1) is 14.3. The summed E-state index contributed by atoms with van der Waals surface area (Å²) in [4.78, 5) is 10.8. The van der Waals surface area contributed by atoms with Gasteiger partial charge in [0.1, 0.15) is 5.82 Å². The fourth-order valence-electron chi connectivity index (χ4n) is 3.46. The third-order valence-corrected chi connectivity index (χ3v) is 5.51. The zero-order valence-electron chi connectivity index (χ0n) is 17.9. The highest BCUT2D eigenvalue weighted by molar-refractivity contribution is 6.33. The van der Waals surface area contributed by atoms with Crippen molar-refractivity contribution in [3.05, 3.63) is 47.5 Å². The molecule has 6 nitrogen and oxygen atoms in total. The first-order valence-electron chi connectivity index (χ1n) is 10.3. The molecule has 8 heteroatoms. The molecule has 30 heavy (non-hydrogen) atoms. The molecule has 0 amide bonds. The molecule has 1 saturated heterocycles. The van der Waals surface area contributed by atoms with Crippen molar-refractivity contribution >= 4 is 28.5 Å². The number of pyridine rings is 2. The Labute approximate surface area is 181 Å². The van der Waals surface area contributed by atoms with Crippen LogP contribution < -0.4 is 10.2 Å². The molecule has 0 spiro atoms. The quantitative estimate of drug-likeness (QED) is 0.648. The molecule has 162 valence electrons. The van der Waals surface area contributed by atoms with Crippen LogP contribution in [0.5, 0.6) is 0 Å². The first-order valence-corrected chi connectivity index (χ1v) is 10.6. The Morgan fingerprint density at radius 3 is 2.77 bits per heavy atom. The van der Waals surface area contributed by atoms with Gasteiger partial charge in [-0.2, -0.15) is 0 Å². The maximum atomic E-state index is 14.7. The number of aromatic nitrogens is 3. The summed E-state index contributed by atoms with van der Waals surface area (Å²) in [6, 6.07) is 6.79. The summed E-state index contributed by atoms with van der Waals surface area (Å²) in [7, 11) is 0. The molecule has 2 unspecified atom stereocenters. The fourth-order valence-corrected chi connectivity index (χ4v) is 3.72. The van der Waals surface area contributed by atoms with Crippen LogP contribution in [0.25, 0.3) is 16.9 Å². The average molecular weight is 434 g/mol. The number of nitrogens with one attached hydrogen (secondary N) is 1. The van der Waals surface area contributed by atoms with Gasteiger partial charge in [0.2, 0.25) is 0 Å². The molecule has 0 bridgehead atoms. The van der Waals surface area contributed by atoms with E-state index in [9.17, 15) is 9.50 Å². The number of nitrogens with zero attached hydrogens (tertiary/aromatic N) is 4. The van der Waals surface area contributed by atoms with Gasteiger partial charge in [-0.15, -0.1) is 0 Å². The molecule has 0 aromatic carbocycles. The van der Waals surface area contributed by atoms with Gasteiger partial charge in [0.05, 0.1) is 27.7 Å². The van der Waals surface area contributed by atoms with Gasteiger partial charge in [0, 0.05) is 38.1 Å². The third kappa shape index (κ3) is 4.43. The van der Waals surface area contributed by atoms with Gasteiger partial charge in [-0.1, -0.05) is 31.9 Å². The average Bonchev–Trinajstić information content (AvgIpc) is 3.13. The van der Waals surface area contributed by atoms with Gasteiger partial charge in [-0.3, -0.25) is 9.55 Å². The number of hydrogen-bond donors (Lipinski definition) is 2. The normalized spacial score (nSPS) is 20.0. The van der Waals surface area contributed by atoms with Crippen LogP contribution in [-0.4, -0.2) is 50.9 Å². The lowest BCUT2D eigenvalue weighted by molar-refractivity contribution is 0.0817. The number of piperazine rings is 1. The number of aliphatic hydroxyl groups is 1. The van der Waals surface area contributed by atoms with Gasteiger partial charge < -0.3 is 15.3 Å². The zero-order valence-corrected chi connectivity index (χ0v) is 18.6. The third-order valence-electron chi connectivity index (χ3n) is 5.23. The van der Waals surface area contributed by atoms with Gasteiger partial charge in [0.25, 0.3) is 0 Å².